The molecule has 1 saturated heterocycles. The molecule has 0 aromatic heterocycles. The van der Waals surface area contributed by atoms with Crippen LogP contribution in [-0.2, 0) is 9.53 Å². The number of nitrogens with zero attached hydrogens (tertiary/aromatic N) is 3. The van der Waals surface area contributed by atoms with Crippen molar-refractivity contribution >= 4 is 41.9 Å². The Morgan fingerprint density at radius 2 is 1.90 bits per heavy atom. The lowest BCUT2D eigenvalue weighted by Gasteiger charge is -2.26. The number of likely N-dealkylation sites (N-methyl/N-ethyl adjacent to an activating group) is 1. The van der Waals surface area contributed by atoms with Gasteiger partial charge in [-0.25, -0.2) is 9.79 Å². The summed E-state index contributed by atoms with van der Waals surface area (Å²) in [5.41, 5.74) is -0.494. The molecule has 2 aliphatic rings. The quantitative estimate of drug-likeness (QED) is 0.236. The molecule has 8 nitrogen and oxygen atoms in total. The van der Waals surface area contributed by atoms with Crippen LogP contribution in [0.2, 0.25) is 0 Å². The van der Waals surface area contributed by atoms with E-state index in [-0.39, 0.29) is 48.6 Å². The highest BCUT2D eigenvalue weighted by molar-refractivity contribution is 14.0. The van der Waals surface area contributed by atoms with E-state index in [1.54, 1.807) is 19.0 Å². The number of hydrogen-bond acceptors (Lipinski definition) is 4. The molecule has 9 heteroatoms. The van der Waals surface area contributed by atoms with Gasteiger partial charge in [-0.15, -0.1) is 24.0 Å². The van der Waals surface area contributed by atoms with Crippen molar-refractivity contribution in [3.63, 3.8) is 0 Å². The van der Waals surface area contributed by atoms with Gasteiger partial charge < -0.3 is 25.2 Å². The smallest absolute Gasteiger partial charge is 0.407 e. The minimum Gasteiger partial charge on any atom is -0.444 e. The molecule has 1 aliphatic carbocycles. The van der Waals surface area contributed by atoms with Gasteiger partial charge in [0.2, 0.25) is 5.91 Å². The van der Waals surface area contributed by atoms with Crippen molar-refractivity contribution in [3.05, 3.63) is 0 Å². The number of halogens is 1. The number of carbonyl (C=O) groups excluding carboxylic acids is 2. The minimum atomic E-state index is -0.494. The molecule has 0 bridgehead atoms. The first-order chi connectivity index (χ1) is 13.6. The third-order valence-electron chi connectivity index (χ3n) is 5.53. The summed E-state index contributed by atoms with van der Waals surface area (Å²) in [6.45, 7) is 10.5. The fourth-order valence-electron chi connectivity index (χ4n) is 4.01. The van der Waals surface area contributed by atoms with E-state index in [9.17, 15) is 9.59 Å². The molecular formula is C21H40IN5O3. The zero-order valence-corrected chi connectivity index (χ0v) is 21.7. The van der Waals surface area contributed by atoms with Gasteiger partial charge in [0.05, 0.1) is 0 Å². The zero-order chi connectivity index (χ0) is 21.6. The van der Waals surface area contributed by atoms with Crippen molar-refractivity contribution in [2.75, 3.05) is 40.3 Å². The van der Waals surface area contributed by atoms with Gasteiger partial charge in [0.15, 0.2) is 5.96 Å². The summed E-state index contributed by atoms with van der Waals surface area (Å²) in [6.07, 6.45) is 3.89. The number of ether oxygens (including phenoxy) is 1. The van der Waals surface area contributed by atoms with Crippen LogP contribution >= 0.6 is 24.0 Å². The Morgan fingerprint density at radius 1 is 1.20 bits per heavy atom. The number of fused-ring (bicyclic) bond motifs is 1. The van der Waals surface area contributed by atoms with Gasteiger partial charge >= 0.3 is 6.09 Å². The summed E-state index contributed by atoms with van der Waals surface area (Å²) >= 11 is 0. The predicted octanol–water partition coefficient (Wildman–Crippen LogP) is 2.67. The van der Waals surface area contributed by atoms with E-state index < -0.39 is 5.60 Å². The largest absolute Gasteiger partial charge is 0.444 e. The number of guanidine groups is 1. The molecule has 0 aromatic rings. The number of rotatable bonds is 6. The second-order valence-electron chi connectivity index (χ2n) is 9.37. The van der Waals surface area contributed by atoms with Gasteiger partial charge in [0, 0.05) is 45.7 Å². The van der Waals surface area contributed by atoms with E-state index in [2.05, 4.69) is 27.4 Å². The monoisotopic (exact) mass is 537 g/mol. The highest BCUT2D eigenvalue weighted by atomic mass is 127. The van der Waals surface area contributed by atoms with E-state index in [4.69, 9.17) is 4.74 Å². The van der Waals surface area contributed by atoms with Crippen LogP contribution in [-0.4, -0.2) is 79.7 Å². The summed E-state index contributed by atoms with van der Waals surface area (Å²) < 4.78 is 5.43. The molecule has 2 amide bonds. The normalized spacial score (nSPS) is 23.5. The Bertz CT molecular complexity index is 606. The maximum atomic E-state index is 12.2. The molecule has 30 heavy (non-hydrogen) atoms. The Balaban J connectivity index is 0.00000450. The van der Waals surface area contributed by atoms with Crippen molar-refractivity contribution in [1.29, 1.82) is 0 Å². The first-order valence-electron chi connectivity index (χ1n) is 10.8. The fourth-order valence-corrected chi connectivity index (χ4v) is 4.01. The number of aliphatic imine (C=N–C) groups is 1. The Morgan fingerprint density at radius 3 is 2.50 bits per heavy atom. The maximum absolute atomic E-state index is 12.2. The third-order valence-corrected chi connectivity index (χ3v) is 5.53. The number of unbranched alkanes of at least 4 members (excludes halogenated alkanes) is 1. The standard InChI is InChI=1S/C21H39N5O3.HI/c1-7-8-11-22-19(23-12-18(27)25(5)6)26-13-15-9-10-17(16(15)14-26)24-20(28)29-21(2,3)4;/h15-17H,7-14H2,1-6H3,(H,22,23)(H,24,28);1H. The zero-order valence-electron chi connectivity index (χ0n) is 19.4. The number of likely N-dealkylation sites (tertiary alicyclic amines) is 1. The number of nitrogens with one attached hydrogen (secondary N) is 2. The van der Waals surface area contributed by atoms with E-state index in [1.165, 1.54) is 0 Å². The SMILES string of the molecule is CCCCNC(=NCC(=O)N(C)C)N1CC2CCC(NC(=O)OC(C)(C)C)C2C1.I. The van der Waals surface area contributed by atoms with Crippen molar-refractivity contribution in [3.8, 4) is 0 Å². The second-order valence-corrected chi connectivity index (χ2v) is 9.37. The van der Waals surface area contributed by atoms with Gasteiger partial charge in [-0.05, 0) is 46.0 Å². The Labute approximate surface area is 198 Å². The number of alkyl carbamates (subject to hydrolysis) is 1. The van der Waals surface area contributed by atoms with Crippen LogP contribution in [0, 0.1) is 11.8 Å². The van der Waals surface area contributed by atoms with E-state index >= 15 is 0 Å². The number of amides is 2. The van der Waals surface area contributed by atoms with Gasteiger partial charge in [0.1, 0.15) is 12.1 Å². The van der Waals surface area contributed by atoms with Gasteiger partial charge in [-0.3, -0.25) is 4.79 Å². The average molecular weight is 537 g/mol. The van der Waals surface area contributed by atoms with E-state index in [1.807, 2.05) is 20.8 Å². The van der Waals surface area contributed by atoms with Crippen LogP contribution < -0.4 is 10.6 Å². The van der Waals surface area contributed by atoms with Crippen LogP contribution in [0.1, 0.15) is 53.4 Å². The maximum Gasteiger partial charge on any atom is 0.407 e. The van der Waals surface area contributed by atoms with Gasteiger partial charge in [-0.1, -0.05) is 13.3 Å². The van der Waals surface area contributed by atoms with Crippen molar-refractivity contribution in [2.45, 2.75) is 65.0 Å². The molecule has 0 spiro atoms. The molecule has 2 fully saturated rings. The molecular weight excluding hydrogens is 497 g/mol. The van der Waals surface area contributed by atoms with Gasteiger partial charge in [-0.2, -0.15) is 0 Å². The third kappa shape index (κ3) is 8.11. The molecule has 174 valence electrons. The lowest BCUT2D eigenvalue weighted by molar-refractivity contribution is -0.127. The van der Waals surface area contributed by atoms with E-state index in [0.29, 0.717) is 11.8 Å². The average Bonchev–Trinajstić information content (AvgIpc) is 3.18. The molecule has 2 N–H and O–H groups in total. The van der Waals surface area contributed by atoms with Crippen LogP contribution in [0.15, 0.2) is 4.99 Å². The van der Waals surface area contributed by atoms with Crippen LogP contribution in [0.5, 0.6) is 0 Å². The van der Waals surface area contributed by atoms with Crippen LogP contribution in [0.3, 0.4) is 0 Å². The highest BCUT2D eigenvalue weighted by Crippen LogP contribution is 2.38. The number of carbonyl (C=O) groups is 2. The summed E-state index contributed by atoms with van der Waals surface area (Å²) in [5.74, 6) is 1.70. The molecule has 3 atom stereocenters. The van der Waals surface area contributed by atoms with Crippen molar-refractivity contribution in [2.24, 2.45) is 16.8 Å². The minimum absolute atomic E-state index is 0. The van der Waals surface area contributed by atoms with E-state index in [0.717, 1.165) is 51.3 Å². The molecule has 3 unspecified atom stereocenters. The first-order valence-corrected chi connectivity index (χ1v) is 10.8. The topological polar surface area (TPSA) is 86.3 Å². The molecule has 2 rings (SSSR count). The van der Waals surface area contributed by atoms with Gasteiger partial charge in [0.25, 0.3) is 0 Å². The van der Waals surface area contributed by atoms with Crippen LogP contribution in [0.4, 0.5) is 4.79 Å². The second kappa shape index (κ2) is 12.0. The Hall–Kier alpha value is -1.26. The molecule has 0 radical (unpaired) electrons. The molecule has 1 aliphatic heterocycles. The lowest BCUT2D eigenvalue weighted by atomic mass is 9.98. The number of hydrogen-bond donors (Lipinski definition) is 2. The summed E-state index contributed by atoms with van der Waals surface area (Å²) in [5, 5.41) is 6.50. The predicted molar refractivity (Wildman–Crippen MR) is 130 cm³/mol. The summed E-state index contributed by atoms with van der Waals surface area (Å²) in [7, 11) is 3.49. The Kier molecular flexibility index (Phi) is 10.7. The fraction of sp³-hybridized carbons (Fsp3) is 0.857. The summed E-state index contributed by atoms with van der Waals surface area (Å²) in [4.78, 5) is 32.6. The van der Waals surface area contributed by atoms with Crippen molar-refractivity contribution < 1.29 is 14.3 Å². The summed E-state index contributed by atoms with van der Waals surface area (Å²) in [6, 6.07) is 0.125. The first kappa shape index (κ1) is 26.8. The molecule has 1 saturated carbocycles. The lowest BCUT2D eigenvalue weighted by Crippen LogP contribution is -2.45. The van der Waals surface area contributed by atoms with Crippen LogP contribution in [0.25, 0.3) is 0 Å². The van der Waals surface area contributed by atoms with Crippen molar-refractivity contribution in [1.82, 2.24) is 20.4 Å². The molecule has 1 heterocycles. The molecule has 0 aromatic carbocycles. The highest BCUT2D eigenvalue weighted by Gasteiger charge is 2.44.